The second-order valence-electron chi connectivity index (χ2n) is 8.02. The van der Waals surface area contributed by atoms with Crippen LogP contribution in [0.2, 0.25) is 0 Å². The number of carboxylic acids is 1. The van der Waals surface area contributed by atoms with E-state index in [4.69, 9.17) is 4.74 Å². The van der Waals surface area contributed by atoms with Gasteiger partial charge in [0.15, 0.2) is 9.84 Å². The number of sulfone groups is 1. The van der Waals surface area contributed by atoms with Crippen molar-refractivity contribution in [2.75, 3.05) is 19.3 Å². The van der Waals surface area contributed by atoms with E-state index in [-0.39, 0.29) is 22.5 Å². The summed E-state index contributed by atoms with van der Waals surface area (Å²) in [5.41, 5.74) is 0.579. The van der Waals surface area contributed by atoms with E-state index in [0.29, 0.717) is 37.1 Å². The summed E-state index contributed by atoms with van der Waals surface area (Å²) in [5, 5.41) is 9.29. The smallest absolute Gasteiger partial charge is 0.410 e. The molecular weight excluding hydrogens is 370 g/mol. The number of piperidine rings is 1. The van der Waals surface area contributed by atoms with Gasteiger partial charge in [0, 0.05) is 19.3 Å². The topological polar surface area (TPSA) is 101 Å². The molecule has 1 N–H and O–H groups in total. The molecule has 1 aliphatic rings. The maximum Gasteiger partial charge on any atom is 0.410 e. The van der Waals surface area contributed by atoms with Crippen molar-refractivity contribution in [3.63, 3.8) is 0 Å². The number of rotatable bonds is 3. The Hall–Kier alpha value is -2.09. The Bertz CT molecular complexity index is 846. The van der Waals surface area contributed by atoms with Crippen LogP contribution >= 0.6 is 0 Å². The highest BCUT2D eigenvalue weighted by Crippen LogP contribution is 2.34. The molecule has 0 unspecified atom stereocenters. The molecule has 2 rings (SSSR count). The summed E-state index contributed by atoms with van der Waals surface area (Å²) >= 11 is 0. The molecule has 150 valence electrons. The van der Waals surface area contributed by atoms with Crippen LogP contribution < -0.4 is 0 Å². The Balaban J connectivity index is 2.26. The van der Waals surface area contributed by atoms with Crippen LogP contribution in [0.3, 0.4) is 0 Å². The van der Waals surface area contributed by atoms with Crippen LogP contribution in [-0.4, -0.2) is 55.4 Å². The lowest BCUT2D eigenvalue weighted by atomic mass is 9.87. The van der Waals surface area contributed by atoms with Gasteiger partial charge < -0.3 is 14.7 Å². The van der Waals surface area contributed by atoms with Crippen molar-refractivity contribution in [2.45, 2.75) is 57.0 Å². The van der Waals surface area contributed by atoms with E-state index < -0.39 is 21.4 Å². The van der Waals surface area contributed by atoms with Gasteiger partial charge in [-0.05, 0) is 63.6 Å². The zero-order valence-corrected chi connectivity index (χ0v) is 17.2. The lowest BCUT2D eigenvalue weighted by Crippen LogP contribution is -2.41. The van der Waals surface area contributed by atoms with E-state index in [9.17, 15) is 23.1 Å². The molecule has 0 aliphatic carbocycles. The Morgan fingerprint density at radius 2 is 1.74 bits per heavy atom. The number of likely N-dealkylation sites (tertiary alicyclic amines) is 1. The number of carboxylic acid groups (broad SMARTS) is 1. The zero-order valence-electron chi connectivity index (χ0n) is 16.4. The molecule has 1 aromatic rings. The van der Waals surface area contributed by atoms with Crippen LogP contribution in [0.15, 0.2) is 17.0 Å². The van der Waals surface area contributed by atoms with Gasteiger partial charge in [0.1, 0.15) is 5.60 Å². The molecule has 0 aromatic heterocycles. The van der Waals surface area contributed by atoms with Crippen molar-refractivity contribution in [3.8, 4) is 0 Å². The number of amides is 1. The first-order valence-electron chi connectivity index (χ1n) is 8.85. The van der Waals surface area contributed by atoms with Gasteiger partial charge in [-0.2, -0.15) is 0 Å². The molecule has 1 saturated heterocycles. The van der Waals surface area contributed by atoms with Crippen LogP contribution in [0.5, 0.6) is 0 Å². The highest BCUT2D eigenvalue weighted by molar-refractivity contribution is 7.90. The average molecular weight is 397 g/mol. The third-order valence-corrected chi connectivity index (χ3v) is 5.73. The largest absolute Gasteiger partial charge is 0.478 e. The van der Waals surface area contributed by atoms with E-state index in [1.54, 1.807) is 17.9 Å². The van der Waals surface area contributed by atoms with Crippen LogP contribution in [0.25, 0.3) is 0 Å². The number of nitrogens with zero attached hydrogens (tertiary/aromatic N) is 1. The first-order valence-corrected chi connectivity index (χ1v) is 10.7. The van der Waals surface area contributed by atoms with Gasteiger partial charge in [0.25, 0.3) is 0 Å². The van der Waals surface area contributed by atoms with Crippen molar-refractivity contribution in [1.29, 1.82) is 0 Å². The molecular formula is C19H27NO6S. The van der Waals surface area contributed by atoms with Crippen molar-refractivity contribution in [2.24, 2.45) is 0 Å². The number of ether oxygens (including phenoxy) is 1. The summed E-state index contributed by atoms with van der Waals surface area (Å²) < 4.78 is 29.9. The minimum Gasteiger partial charge on any atom is -0.478 e. The van der Waals surface area contributed by atoms with Gasteiger partial charge in [-0.15, -0.1) is 0 Å². The summed E-state index contributed by atoms with van der Waals surface area (Å²) in [4.78, 5) is 25.2. The molecule has 27 heavy (non-hydrogen) atoms. The zero-order chi connectivity index (χ0) is 20.6. The quantitative estimate of drug-likeness (QED) is 0.840. The van der Waals surface area contributed by atoms with Crippen LogP contribution in [-0.2, 0) is 14.6 Å². The van der Waals surface area contributed by atoms with Crippen LogP contribution in [0, 0.1) is 6.92 Å². The SMILES string of the molecule is Cc1cc(C2CCN(C(=O)OC(C)(C)C)CC2)c(S(C)(=O)=O)cc1C(=O)O. The summed E-state index contributed by atoms with van der Waals surface area (Å²) in [6.45, 7) is 8.01. The molecule has 0 bridgehead atoms. The molecule has 0 spiro atoms. The van der Waals surface area contributed by atoms with Gasteiger partial charge in [0.05, 0.1) is 10.5 Å². The fourth-order valence-electron chi connectivity index (χ4n) is 3.28. The molecule has 1 aliphatic heterocycles. The number of aromatic carboxylic acids is 1. The van der Waals surface area contributed by atoms with E-state index in [1.165, 1.54) is 6.07 Å². The number of carbonyl (C=O) groups excluding carboxylic acids is 1. The van der Waals surface area contributed by atoms with Gasteiger partial charge >= 0.3 is 12.1 Å². The minimum absolute atomic E-state index is 0.00892. The first kappa shape index (κ1) is 21.2. The average Bonchev–Trinajstić information content (AvgIpc) is 2.51. The van der Waals surface area contributed by atoms with E-state index in [1.807, 2.05) is 20.8 Å². The summed E-state index contributed by atoms with van der Waals surface area (Å²) in [7, 11) is -3.58. The third kappa shape index (κ3) is 5.22. The maximum absolute atomic E-state index is 12.2. The number of hydrogen-bond acceptors (Lipinski definition) is 5. The third-order valence-electron chi connectivity index (χ3n) is 4.57. The molecule has 0 radical (unpaired) electrons. The highest BCUT2D eigenvalue weighted by atomic mass is 32.2. The van der Waals surface area contributed by atoms with E-state index >= 15 is 0 Å². The maximum atomic E-state index is 12.2. The lowest BCUT2D eigenvalue weighted by molar-refractivity contribution is 0.0204. The standard InChI is InChI=1S/C19H27NO6S/c1-12-10-15(16(27(5,24)25)11-14(12)17(21)22)13-6-8-20(9-7-13)18(23)26-19(2,3)4/h10-11,13H,6-9H2,1-5H3,(H,21,22). The van der Waals surface area contributed by atoms with Crippen molar-refractivity contribution in [3.05, 3.63) is 28.8 Å². The highest BCUT2D eigenvalue weighted by Gasteiger charge is 2.30. The molecule has 1 aromatic carbocycles. The van der Waals surface area contributed by atoms with Gasteiger partial charge in [-0.1, -0.05) is 6.07 Å². The monoisotopic (exact) mass is 397 g/mol. The van der Waals surface area contributed by atoms with Crippen LogP contribution in [0.4, 0.5) is 4.79 Å². The first-order chi connectivity index (χ1) is 12.3. The Kier molecular flexibility index (Phi) is 5.89. The molecule has 8 heteroatoms. The van der Waals surface area contributed by atoms with Crippen molar-refractivity contribution >= 4 is 21.9 Å². The molecule has 1 heterocycles. The minimum atomic E-state index is -3.58. The van der Waals surface area contributed by atoms with E-state index in [2.05, 4.69) is 0 Å². The predicted octanol–water partition coefficient (Wildman–Crippen LogP) is 3.21. The van der Waals surface area contributed by atoms with E-state index in [0.717, 1.165) is 6.26 Å². The van der Waals surface area contributed by atoms with Gasteiger partial charge in [-0.3, -0.25) is 0 Å². The number of benzene rings is 1. The Morgan fingerprint density at radius 1 is 1.19 bits per heavy atom. The second-order valence-corrected chi connectivity index (χ2v) is 10.0. The van der Waals surface area contributed by atoms with Crippen molar-refractivity contribution in [1.82, 2.24) is 4.90 Å². The fourth-order valence-corrected chi connectivity index (χ4v) is 4.27. The van der Waals surface area contributed by atoms with Crippen LogP contribution in [0.1, 0.15) is 61.0 Å². The second kappa shape index (κ2) is 7.50. The van der Waals surface area contributed by atoms with Crippen molar-refractivity contribution < 1.29 is 27.9 Å². The normalized spacial score (nSPS) is 16.3. The Morgan fingerprint density at radius 3 is 2.19 bits per heavy atom. The molecule has 7 nitrogen and oxygen atoms in total. The lowest BCUT2D eigenvalue weighted by Gasteiger charge is -2.34. The molecule has 1 amide bonds. The molecule has 0 saturated carbocycles. The predicted molar refractivity (Wildman–Crippen MR) is 101 cm³/mol. The Labute approximate surface area is 160 Å². The summed E-state index contributed by atoms with van der Waals surface area (Å²) in [5.74, 6) is -1.21. The summed E-state index contributed by atoms with van der Waals surface area (Å²) in [6, 6.07) is 2.91. The van der Waals surface area contributed by atoms with Gasteiger partial charge in [0.2, 0.25) is 0 Å². The number of hydrogen-bond donors (Lipinski definition) is 1. The van der Waals surface area contributed by atoms with Gasteiger partial charge in [-0.25, -0.2) is 18.0 Å². The number of carbonyl (C=O) groups is 2. The molecule has 1 fully saturated rings. The fraction of sp³-hybridized carbons (Fsp3) is 0.579. The summed E-state index contributed by atoms with van der Waals surface area (Å²) in [6.07, 6.45) is 1.89. The molecule has 0 atom stereocenters. The number of aryl methyl sites for hydroxylation is 1.